The molecule has 4 nitrogen and oxygen atoms in total. The highest BCUT2D eigenvalue weighted by atomic mass is 35.5. The number of amides is 1. The number of anilines is 1. The Morgan fingerprint density at radius 1 is 1.44 bits per heavy atom. The van der Waals surface area contributed by atoms with E-state index in [-0.39, 0.29) is 0 Å². The first-order chi connectivity index (χ1) is 7.25. The average molecular weight is 242 g/mol. The van der Waals surface area contributed by atoms with Gasteiger partial charge in [-0.05, 0) is 33.3 Å². The summed E-state index contributed by atoms with van der Waals surface area (Å²) in [6.45, 7) is 7.09. The lowest BCUT2D eigenvalue weighted by molar-refractivity contribution is -0.247. The third-order valence-electron chi connectivity index (χ3n) is 2.22. The molecule has 0 spiro atoms. The van der Waals surface area contributed by atoms with E-state index in [0.717, 1.165) is 4.90 Å². The van der Waals surface area contributed by atoms with Gasteiger partial charge < -0.3 is 14.8 Å². The van der Waals surface area contributed by atoms with Crippen molar-refractivity contribution in [2.45, 2.75) is 33.2 Å². The minimum atomic E-state index is -1.26. The number of aromatic nitrogens is 1. The molecule has 0 bridgehead atoms. The molecule has 0 aromatic carbocycles. The van der Waals surface area contributed by atoms with Gasteiger partial charge in [0.15, 0.2) is 0 Å². The lowest BCUT2D eigenvalue weighted by atomic mass is 10.0. The van der Waals surface area contributed by atoms with Crippen LogP contribution in [-0.2, 0) is 0 Å². The third-order valence-corrected chi connectivity index (χ3v) is 2.60. The molecule has 0 saturated carbocycles. The Morgan fingerprint density at radius 2 is 2.00 bits per heavy atom. The van der Waals surface area contributed by atoms with Gasteiger partial charge in [-0.25, -0.2) is 0 Å². The Hall–Kier alpha value is -1.29. The zero-order valence-corrected chi connectivity index (χ0v) is 10.5. The monoisotopic (exact) mass is 241 g/mol. The molecule has 0 aliphatic rings. The van der Waals surface area contributed by atoms with Crippen molar-refractivity contribution in [2.75, 3.05) is 4.90 Å². The van der Waals surface area contributed by atoms with E-state index in [1.807, 2.05) is 0 Å². The fraction of sp³-hybridized carbons (Fsp3) is 0.455. The van der Waals surface area contributed by atoms with Crippen LogP contribution >= 0.6 is 11.6 Å². The maximum Gasteiger partial charge on any atom is 0.142 e. The molecule has 0 aliphatic carbocycles. The van der Waals surface area contributed by atoms with E-state index in [9.17, 15) is 9.90 Å². The van der Waals surface area contributed by atoms with Gasteiger partial charge in [-0.1, -0.05) is 11.6 Å². The molecule has 0 saturated heterocycles. The smallest absolute Gasteiger partial charge is 0.142 e. The van der Waals surface area contributed by atoms with Crippen LogP contribution in [-0.4, -0.2) is 16.6 Å². The average Bonchev–Trinajstić information content (AvgIpc) is 2.09. The summed E-state index contributed by atoms with van der Waals surface area (Å²) in [5, 5.41) is 11.6. The second-order valence-corrected chi connectivity index (χ2v) is 4.94. The summed E-state index contributed by atoms with van der Waals surface area (Å²) in [6.07, 6.45) is 1.69. The summed E-state index contributed by atoms with van der Waals surface area (Å²) in [6, 6.07) is 0. The number of rotatable bonds is 1. The molecule has 1 heterocycles. The van der Waals surface area contributed by atoms with Crippen molar-refractivity contribution < 1.29 is 9.90 Å². The van der Waals surface area contributed by atoms with Crippen LogP contribution in [0.4, 0.5) is 10.5 Å². The SMILES string of the molecule is Cc1c(Cl)cncc1N(C(=O)[O-])C(C)(C)C. The molecule has 16 heavy (non-hydrogen) atoms. The first-order valence-corrected chi connectivity index (χ1v) is 5.24. The van der Waals surface area contributed by atoms with E-state index >= 15 is 0 Å². The van der Waals surface area contributed by atoms with E-state index in [1.165, 1.54) is 12.4 Å². The van der Waals surface area contributed by atoms with Gasteiger partial charge >= 0.3 is 0 Å². The van der Waals surface area contributed by atoms with Gasteiger partial charge in [0.2, 0.25) is 0 Å². The largest absolute Gasteiger partial charge is 0.530 e. The fourth-order valence-corrected chi connectivity index (χ4v) is 1.60. The van der Waals surface area contributed by atoms with Crippen LogP contribution in [0.2, 0.25) is 5.02 Å². The molecule has 1 rings (SSSR count). The molecule has 88 valence electrons. The van der Waals surface area contributed by atoms with Gasteiger partial charge in [0.05, 0.1) is 16.9 Å². The summed E-state index contributed by atoms with van der Waals surface area (Å²) in [5.74, 6) is 0. The van der Waals surface area contributed by atoms with E-state index in [4.69, 9.17) is 11.6 Å². The highest BCUT2D eigenvalue weighted by Crippen LogP contribution is 2.29. The van der Waals surface area contributed by atoms with Crippen molar-refractivity contribution in [1.29, 1.82) is 0 Å². The molecule has 1 aromatic rings. The Morgan fingerprint density at radius 3 is 2.44 bits per heavy atom. The molecule has 0 aliphatic heterocycles. The van der Waals surface area contributed by atoms with Crippen LogP contribution in [0.1, 0.15) is 26.3 Å². The quantitative estimate of drug-likeness (QED) is 0.756. The Labute approximate surface area is 99.9 Å². The molecule has 5 heteroatoms. The van der Waals surface area contributed by atoms with E-state index in [0.29, 0.717) is 16.3 Å². The first kappa shape index (κ1) is 12.8. The van der Waals surface area contributed by atoms with E-state index < -0.39 is 11.6 Å². The second kappa shape index (κ2) is 4.29. The van der Waals surface area contributed by atoms with Crippen molar-refractivity contribution in [1.82, 2.24) is 4.98 Å². The minimum Gasteiger partial charge on any atom is -0.530 e. The van der Waals surface area contributed by atoms with Crippen molar-refractivity contribution >= 4 is 23.4 Å². The molecular weight excluding hydrogens is 228 g/mol. The van der Waals surface area contributed by atoms with Crippen molar-refractivity contribution in [3.8, 4) is 0 Å². The first-order valence-electron chi connectivity index (χ1n) is 4.86. The molecule has 0 radical (unpaired) electrons. The topological polar surface area (TPSA) is 56.3 Å². The molecule has 0 N–H and O–H groups in total. The summed E-state index contributed by atoms with van der Waals surface area (Å²) in [7, 11) is 0. The van der Waals surface area contributed by atoms with Crippen LogP contribution in [0.15, 0.2) is 12.4 Å². The number of halogens is 1. The van der Waals surface area contributed by atoms with Crippen LogP contribution in [0.25, 0.3) is 0 Å². The van der Waals surface area contributed by atoms with Crippen molar-refractivity contribution in [3.63, 3.8) is 0 Å². The van der Waals surface area contributed by atoms with Gasteiger partial charge in [0.25, 0.3) is 0 Å². The Kier molecular flexibility index (Phi) is 3.43. The van der Waals surface area contributed by atoms with Crippen LogP contribution in [0.5, 0.6) is 0 Å². The maximum absolute atomic E-state index is 11.2. The number of hydrogen-bond acceptors (Lipinski definition) is 3. The highest BCUT2D eigenvalue weighted by molar-refractivity contribution is 6.31. The Balaban J connectivity index is 3.33. The maximum atomic E-state index is 11.2. The van der Waals surface area contributed by atoms with Gasteiger partial charge in [0.1, 0.15) is 6.09 Å². The number of carboxylic acid groups (broad SMARTS) is 1. The lowest BCUT2D eigenvalue weighted by Crippen LogP contribution is -2.52. The van der Waals surface area contributed by atoms with Gasteiger partial charge in [-0.2, -0.15) is 0 Å². The number of carbonyl (C=O) groups is 1. The molecule has 1 aromatic heterocycles. The van der Waals surface area contributed by atoms with Gasteiger partial charge in [0, 0.05) is 11.7 Å². The lowest BCUT2D eigenvalue weighted by Gasteiger charge is -2.38. The van der Waals surface area contributed by atoms with Crippen LogP contribution in [0, 0.1) is 6.92 Å². The number of pyridine rings is 1. The predicted molar refractivity (Wildman–Crippen MR) is 61.6 cm³/mol. The summed E-state index contributed by atoms with van der Waals surface area (Å²) in [4.78, 5) is 16.2. The van der Waals surface area contributed by atoms with Gasteiger partial charge in [-0.15, -0.1) is 0 Å². The summed E-state index contributed by atoms with van der Waals surface area (Å²) < 4.78 is 0. The molecule has 1 amide bonds. The molecule has 0 fully saturated rings. The standard InChI is InChI=1S/C11H15ClN2O2/c1-7-8(12)5-13-6-9(7)14(10(15)16)11(2,3)4/h5-6H,1-4H3,(H,15,16)/p-1. The summed E-state index contributed by atoms with van der Waals surface area (Å²) >= 11 is 5.91. The summed E-state index contributed by atoms with van der Waals surface area (Å²) in [5.41, 5.74) is 0.534. The zero-order valence-electron chi connectivity index (χ0n) is 9.74. The number of hydrogen-bond donors (Lipinski definition) is 0. The van der Waals surface area contributed by atoms with Crippen molar-refractivity contribution in [2.24, 2.45) is 0 Å². The predicted octanol–water partition coefficient (Wildman–Crippen LogP) is 1.99. The van der Waals surface area contributed by atoms with Crippen LogP contribution in [0.3, 0.4) is 0 Å². The Bertz CT molecular complexity index is 413. The molecule has 0 unspecified atom stereocenters. The minimum absolute atomic E-state index is 0.438. The second-order valence-electron chi connectivity index (χ2n) is 4.54. The highest BCUT2D eigenvalue weighted by Gasteiger charge is 2.25. The molecule has 0 atom stereocenters. The normalized spacial score (nSPS) is 11.3. The zero-order chi connectivity index (χ0) is 12.5. The van der Waals surface area contributed by atoms with Crippen LogP contribution < -0.4 is 10.0 Å². The van der Waals surface area contributed by atoms with E-state index in [1.54, 1.807) is 27.7 Å². The fourth-order valence-electron chi connectivity index (χ4n) is 1.45. The number of carbonyl (C=O) groups excluding carboxylic acids is 1. The number of nitrogens with zero attached hydrogens (tertiary/aromatic N) is 2. The van der Waals surface area contributed by atoms with Gasteiger partial charge in [-0.3, -0.25) is 4.98 Å². The van der Waals surface area contributed by atoms with E-state index in [2.05, 4.69) is 4.98 Å². The third kappa shape index (κ3) is 2.44. The van der Waals surface area contributed by atoms with Crippen molar-refractivity contribution in [3.05, 3.63) is 23.0 Å². The molecular formula is C11H14ClN2O2-.